The molecule has 0 spiro atoms. The molecule has 6 aromatic rings. The summed E-state index contributed by atoms with van der Waals surface area (Å²) in [4.78, 5) is 36.1. The minimum atomic E-state index is -0.573. The summed E-state index contributed by atoms with van der Waals surface area (Å²) in [5, 5.41) is 20.4. The minimum absolute atomic E-state index is 0.0574. The van der Waals surface area contributed by atoms with Crippen molar-refractivity contribution in [2.24, 2.45) is 0 Å². The molecule has 9 nitrogen and oxygen atoms in total. The van der Waals surface area contributed by atoms with Crippen molar-refractivity contribution in [3.8, 4) is 49.9 Å². The van der Waals surface area contributed by atoms with E-state index in [1.165, 1.54) is 78.3 Å². The summed E-state index contributed by atoms with van der Waals surface area (Å²) in [5.41, 5.74) is 3.07. The number of methoxy groups -OCH3 is 1. The summed E-state index contributed by atoms with van der Waals surface area (Å²) in [6.07, 6.45) is 0. The highest BCUT2D eigenvalue weighted by Gasteiger charge is 2.18. The van der Waals surface area contributed by atoms with Crippen LogP contribution >= 0.6 is 22.7 Å². The topological polar surface area (TPSA) is 128 Å². The average Bonchev–Trinajstić information content (AvgIpc) is 3.59. The highest BCUT2D eigenvalue weighted by molar-refractivity contribution is 7.29. The molecule has 43 heavy (non-hydrogen) atoms. The van der Waals surface area contributed by atoms with Crippen molar-refractivity contribution in [3.05, 3.63) is 102 Å². The number of phenolic OH excluding ortho intramolecular Hbond substituents is 2. The molecule has 11 heteroatoms. The number of hydrogen-bond donors (Lipinski definition) is 2. The molecule has 0 atom stereocenters. The Morgan fingerprint density at radius 1 is 0.628 bits per heavy atom. The largest absolute Gasteiger partial charge is 0.508 e. The van der Waals surface area contributed by atoms with Crippen molar-refractivity contribution >= 4 is 44.3 Å². The van der Waals surface area contributed by atoms with Crippen LogP contribution in [-0.4, -0.2) is 39.2 Å². The van der Waals surface area contributed by atoms with Crippen LogP contribution in [0.5, 0.6) is 28.7 Å². The first-order valence-corrected chi connectivity index (χ1v) is 14.5. The Kier molecular flexibility index (Phi) is 7.49. The second-order valence-electron chi connectivity index (χ2n) is 9.37. The van der Waals surface area contributed by atoms with Crippen LogP contribution in [-0.2, 0) is 0 Å². The van der Waals surface area contributed by atoms with Gasteiger partial charge in [0.05, 0.1) is 18.2 Å². The van der Waals surface area contributed by atoms with Gasteiger partial charge in [0.15, 0.2) is 21.2 Å². The molecule has 214 valence electrons. The molecule has 0 bridgehead atoms. The third kappa shape index (κ3) is 5.89. The number of aryl methyl sites for hydroxylation is 1. The Morgan fingerprint density at radius 3 is 1.58 bits per heavy atom. The van der Waals surface area contributed by atoms with Gasteiger partial charge in [0, 0.05) is 11.1 Å². The Balaban J connectivity index is 1.18. The molecule has 0 aliphatic rings. The lowest BCUT2D eigenvalue weighted by Crippen LogP contribution is -2.09. The number of hydrogen-bond acceptors (Lipinski definition) is 11. The Hall–Kier alpha value is -5.26. The zero-order valence-corrected chi connectivity index (χ0v) is 24.4. The van der Waals surface area contributed by atoms with Gasteiger partial charge in [-0.2, -0.15) is 0 Å². The van der Waals surface area contributed by atoms with E-state index in [4.69, 9.17) is 24.2 Å². The van der Waals surface area contributed by atoms with Crippen LogP contribution in [0.15, 0.2) is 84.9 Å². The van der Waals surface area contributed by atoms with Crippen LogP contribution in [0.1, 0.15) is 26.3 Å². The Bertz CT molecular complexity index is 1950. The van der Waals surface area contributed by atoms with Gasteiger partial charge >= 0.3 is 11.9 Å². The highest BCUT2D eigenvalue weighted by Crippen LogP contribution is 2.40. The van der Waals surface area contributed by atoms with Gasteiger partial charge in [0.1, 0.15) is 27.3 Å². The Morgan fingerprint density at radius 2 is 1.09 bits per heavy atom. The number of fused-ring (bicyclic) bond motifs is 1. The van der Waals surface area contributed by atoms with E-state index in [1.807, 2.05) is 19.1 Å². The predicted molar refractivity (Wildman–Crippen MR) is 164 cm³/mol. The second-order valence-corrected chi connectivity index (χ2v) is 11.3. The molecule has 2 N–H and O–H groups in total. The van der Waals surface area contributed by atoms with E-state index in [0.29, 0.717) is 22.6 Å². The minimum Gasteiger partial charge on any atom is -0.508 e. The SMILES string of the molecule is COc1cc(-c2nc3sc(-c4ccc(OC(=O)c5ccc(O)cc5)c(C)c4)nc3s2)ccc1OC(=O)c1ccc(O)cc1. The quantitative estimate of drug-likeness (QED) is 0.142. The van der Waals surface area contributed by atoms with Crippen LogP contribution in [0.4, 0.5) is 0 Å². The predicted octanol–water partition coefficient (Wildman–Crippen LogP) is 7.25. The summed E-state index contributed by atoms with van der Waals surface area (Å²) in [5.74, 6) is 0.117. The summed E-state index contributed by atoms with van der Waals surface area (Å²) in [6, 6.07) is 22.4. The molecule has 0 aliphatic heterocycles. The van der Waals surface area contributed by atoms with Crippen LogP contribution < -0.4 is 14.2 Å². The van der Waals surface area contributed by atoms with Crippen LogP contribution in [0.2, 0.25) is 0 Å². The van der Waals surface area contributed by atoms with Gasteiger partial charge < -0.3 is 24.4 Å². The number of rotatable bonds is 7. The van der Waals surface area contributed by atoms with Crippen LogP contribution in [0.25, 0.3) is 30.8 Å². The number of carbonyl (C=O) groups excluding carboxylic acids is 2. The zero-order chi connectivity index (χ0) is 30.1. The molecule has 0 fully saturated rings. The lowest BCUT2D eigenvalue weighted by Gasteiger charge is -2.10. The number of esters is 2. The zero-order valence-electron chi connectivity index (χ0n) is 22.7. The lowest BCUT2D eigenvalue weighted by molar-refractivity contribution is 0.0722. The van der Waals surface area contributed by atoms with E-state index < -0.39 is 11.9 Å². The molecule has 0 amide bonds. The summed E-state index contributed by atoms with van der Waals surface area (Å²) in [7, 11) is 1.49. The number of phenols is 2. The first-order chi connectivity index (χ1) is 20.8. The van der Waals surface area contributed by atoms with E-state index >= 15 is 0 Å². The first kappa shape index (κ1) is 27.9. The van der Waals surface area contributed by atoms with E-state index in [9.17, 15) is 19.8 Å². The van der Waals surface area contributed by atoms with Crippen molar-refractivity contribution in [3.63, 3.8) is 0 Å². The van der Waals surface area contributed by atoms with Gasteiger partial charge in [-0.3, -0.25) is 0 Å². The molecular weight excluding hydrogens is 588 g/mol. The monoisotopic (exact) mass is 610 g/mol. The third-order valence-electron chi connectivity index (χ3n) is 6.42. The van der Waals surface area contributed by atoms with E-state index in [-0.39, 0.29) is 17.2 Å². The maximum absolute atomic E-state index is 12.5. The normalized spacial score (nSPS) is 10.9. The molecule has 6 rings (SSSR count). The fourth-order valence-corrected chi connectivity index (χ4v) is 6.22. The fourth-order valence-electron chi connectivity index (χ4n) is 4.18. The molecule has 2 heterocycles. The molecular formula is C32H22N2O7S2. The fraction of sp³-hybridized carbons (Fsp3) is 0.0625. The number of thiazole rings is 2. The highest BCUT2D eigenvalue weighted by atomic mass is 32.1. The van der Waals surface area contributed by atoms with Crippen LogP contribution in [0.3, 0.4) is 0 Å². The molecule has 0 unspecified atom stereocenters. The number of carbonyl (C=O) groups is 2. The van der Waals surface area contributed by atoms with Crippen LogP contribution in [0, 0.1) is 6.92 Å². The number of benzene rings is 4. The number of aromatic nitrogens is 2. The maximum Gasteiger partial charge on any atom is 0.343 e. The average molecular weight is 611 g/mol. The summed E-state index contributed by atoms with van der Waals surface area (Å²) < 4.78 is 16.5. The number of ether oxygens (including phenoxy) is 3. The van der Waals surface area contributed by atoms with Crippen molar-refractivity contribution in [2.45, 2.75) is 6.92 Å². The molecule has 0 radical (unpaired) electrons. The van der Waals surface area contributed by atoms with Crippen molar-refractivity contribution in [2.75, 3.05) is 7.11 Å². The van der Waals surface area contributed by atoms with Gasteiger partial charge in [-0.05, 0) is 97.4 Å². The van der Waals surface area contributed by atoms with Crippen molar-refractivity contribution < 1.29 is 34.0 Å². The Labute approximate surface area is 253 Å². The van der Waals surface area contributed by atoms with Gasteiger partial charge in [-0.15, -0.1) is 0 Å². The molecule has 2 aromatic heterocycles. The number of nitrogens with zero attached hydrogens (tertiary/aromatic N) is 2. The van der Waals surface area contributed by atoms with Gasteiger partial charge in [0.2, 0.25) is 0 Å². The van der Waals surface area contributed by atoms with Gasteiger partial charge in [0.25, 0.3) is 0 Å². The lowest BCUT2D eigenvalue weighted by atomic mass is 10.1. The molecule has 4 aromatic carbocycles. The number of aromatic hydroxyl groups is 2. The molecule has 0 saturated heterocycles. The second kappa shape index (κ2) is 11.6. The maximum atomic E-state index is 12.5. The van der Waals surface area contributed by atoms with E-state index in [0.717, 1.165) is 36.4 Å². The first-order valence-electron chi connectivity index (χ1n) is 12.9. The smallest absolute Gasteiger partial charge is 0.343 e. The summed E-state index contributed by atoms with van der Waals surface area (Å²) >= 11 is 2.88. The van der Waals surface area contributed by atoms with Crippen molar-refractivity contribution in [1.82, 2.24) is 9.97 Å². The standard InChI is InChI=1S/C32H22N2O7S2/c1-17-15-20(7-13-24(17)40-31(37)18-3-9-22(35)10-4-18)27-33-29-30(42-27)34-28(43-29)21-8-14-25(26(16-21)39-2)41-32(38)19-5-11-23(36)12-6-19/h3-16,35-36H,1-2H3. The summed E-state index contributed by atoms with van der Waals surface area (Å²) in [6.45, 7) is 1.86. The van der Waals surface area contributed by atoms with Gasteiger partial charge in [-0.1, -0.05) is 22.7 Å². The third-order valence-corrected chi connectivity index (χ3v) is 8.55. The van der Waals surface area contributed by atoms with Gasteiger partial charge in [-0.25, -0.2) is 19.6 Å². The molecule has 0 saturated carbocycles. The van der Waals surface area contributed by atoms with E-state index in [2.05, 4.69) is 0 Å². The molecule has 0 aliphatic carbocycles. The van der Waals surface area contributed by atoms with Crippen molar-refractivity contribution in [1.29, 1.82) is 0 Å². The van der Waals surface area contributed by atoms with E-state index in [1.54, 1.807) is 24.3 Å².